The number of aromatic nitrogens is 4. The number of unbranched alkanes of at least 4 members (excludes halogenated alkanes) is 48. The van der Waals surface area contributed by atoms with Gasteiger partial charge in [-0.25, -0.2) is 0 Å². The average Bonchev–Trinajstić information content (AvgIpc) is 1.42. The number of benzene rings is 4. The molecule has 0 aliphatic rings. The second kappa shape index (κ2) is 62.1. The molecule has 0 N–H and O–H groups in total. The predicted octanol–water partition coefficient (Wildman–Crippen LogP) is 32.7. The zero-order valence-corrected chi connectivity index (χ0v) is 96.9. The van der Waals surface area contributed by atoms with Crippen molar-refractivity contribution in [2.24, 2.45) is 23.7 Å². The summed E-state index contributed by atoms with van der Waals surface area (Å²) in [5.74, 6) is -0.438. The first-order chi connectivity index (χ1) is 72.4. The molecule has 0 fully saturated rings. The van der Waals surface area contributed by atoms with Crippen LogP contribution in [-0.4, -0.2) is 18.3 Å². The minimum Gasteiger partial charge on any atom is -0.274 e. The van der Waals surface area contributed by atoms with Crippen molar-refractivity contribution in [3.8, 4) is 36.4 Å². The van der Waals surface area contributed by atoms with Crippen molar-refractivity contribution in [1.82, 2.24) is 18.3 Å². The summed E-state index contributed by atoms with van der Waals surface area (Å²) in [7, 11) is 0. The van der Waals surface area contributed by atoms with Crippen molar-refractivity contribution in [2.75, 3.05) is 0 Å². The molecule has 8 aromatic heterocycles. The SMILES string of the molecule is CCCCCCCCCCC(CCCCCCCC)Cn1c(=O)c2c3sc(=C(C#N)C#N)sc3c3c(=O)n(CC(CCCCCCCC)CCCCCCCCCC)c(=O)c4c5sc(=C(C#N)C(C#N)=c6sc7c(s6)c6c(=O)n(CC(CCCCCCCC)CCCCCCCCCC)c(=O)c8c9sc(=C(C#N)C#N)sc9c9c(=O)n(CC(CCCCCCCC)CCCCCCCCCC)c(=O)c7c9c86)sc5c(c1=O)c2c34. The van der Waals surface area contributed by atoms with Crippen molar-refractivity contribution in [3.63, 3.8) is 0 Å². The maximum absolute atomic E-state index is 17.0. The van der Waals surface area contributed by atoms with Gasteiger partial charge < -0.3 is 0 Å². The van der Waals surface area contributed by atoms with Gasteiger partial charge in [-0.2, -0.15) is 31.6 Å². The minimum atomic E-state index is -0.621. The number of nitrogens with zero attached hydrogens (tertiary/aromatic N) is 10. The van der Waals surface area contributed by atoms with Gasteiger partial charge >= 0.3 is 0 Å². The van der Waals surface area contributed by atoms with E-state index in [1.54, 1.807) is 0 Å². The van der Waals surface area contributed by atoms with Crippen LogP contribution >= 0.6 is 90.7 Å². The molecule has 8 heterocycles. The number of fused-ring (bicyclic) bond motifs is 12. The van der Waals surface area contributed by atoms with Crippen LogP contribution in [0, 0.1) is 91.7 Å². The molecule has 0 saturated heterocycles. The summed E-state index contributed by atoms with van der Waals surface area (Å²) >= 11 is 8.55. The molecule has 26 heteroatoms. The van der Waals surface area contributed by atoms with E-state index >= 15 is 38.4 Å². The molecule has 0 aliphatic heterocycles. The zero-order valence-electron chi connectivity index (χ0n) is 90.4. The highest BCUT2D eigenvalue weighted by molar-refractivity contribution is 7.40. The molecule has 0 aliphatic carbocycles. The molecule has 0 spiro atoms. The number of pyridine rings is 4. The Morgan fingerprint density at radius 2 is 0.311 bits per heavy atom. The fourth-order valence-electron chi connectivity index (χ4n) is 23.2. The van der Waals surface area contributed by atoms with Crippen LogP contribution in [0.15, 0.2) is 38.4 Å². The number of nitriles is 6. The van der Waals surface area contributed by atoms with Gasteiger partial charge in [0.05, 0.1) is 99.5 Å². The molecule has 4 atom stereocenters. The normalized spacial score (nSPS) is 12.7. The third-order valence-electron chi connectivity index (χ3n) is 31.6. The molecule has 12 aromatic rings. The first-order valence-corrected chi connectivity index (χ1v) is 64.6. The summed E-state index contributed by atoms with van der Waals surface area (Å²) in [6.45, 7) is 18.0. The Labute approximate surface area is 908 Å². The van der Waals surface area contributed by atoms with Crippen molar-refractivity contribution >= 4 is 215 Å². The van der Waals surface area contributed by atoms with Crippen LogP contribution in [-0.2, 0) is 26.2 Å². The summed E-state index contributed by atoms with van der Waals surface area (Å²) in [6, 6.07) is 13.4. The van der Waals surface area contributed by atoms with Crippen molar-refractivity contribution in [3.05, 3.63) is 98.2 Å². The highest BCUT2D eigenvalue weighted by Gasteiger charge is 2.36. The van der Waals surface area contributed by atoms with E-state index in [1.165, 1.54) is 95.3 Å². The van der Waals surface area contributed by atoms with Gasteiger partial charge in [0.2, 0.25) is 0 Å². The zero-order chi connectivity index (χ0) is 105. The van der Waals surface area contributed by atoms with E-state index in [0.717, 1.165) is 425 Å². The predicted molar refractivity (Wildman–Crippen MR) is 636 cm³/mol. The number of rotatable bonds is 73. The Balaban J connectivity index is 1.20. The second-order valence-corrected chi connectivity index (χ2v) is 52.1. The molecule has 4 aromatic carbocycles. The molecule has 0 radical (unpaired) electrons. The Bertz CT molecular complexity index is 6660. The Morgan fingerprint density at radius 3 is 0.439 bits per heavy atom. The van der Waals surface area contributed by atoms with Crippen LogP contribution in [0.25, 0.3) is 125 Å². The third kappa shape index (κ3) is 29.4. The van der Waals surface area contributed by atoms with Crippen molar-refractivity contribution in [2.45, 2.75) is 493 Å². The van der Waals surface area contributed by atoms with E-state index < -0.39 is 44.5 Å². The molecule has 12 rings (SSSR count). The topological polar surface area (TPSA) is 299 Å². The van der Waals surface area contributed by atoms with Crippen molar-refractivity contribution < 1.29 is 0 Å². The van der Waals surface area contributed by atoms with Crippen LogP contribution in [0.5, 0.6) is 0 Å². The molecule has 798 valence electrons. The summed E-state index contributed by atoms with van der Waals surface area (Å²) in [5, 5.41) is 69.3. The van der Waals surface area contributed by atoms with E-state index in [1.807, 2.05) is 0 Å². The lowest BCUT2D eigenvalue weighted by molar-refractivity contribution is 0.350. The fourth-order valence-corrected chi connectivity index (χ4v) is 34.0. The van der Waals surface area contributed by atoms with Crippen molar-refractivity contribution in [1.29, 1.82) is 31.6 Å². The van der Waals surface area contributed by atoms with Gasteiger partial charge in [0.1, 0.15) is 44.1 Å². The van der Waals surface area contributed by atoms with Crippen LogP contribution in [0.4, 0.5) is 0 Å². The summed E-state index contributed by atoms with van der Waals surface area (Å²) < 4.78 is 8.91. The fraction of sp³-hybridized carbons (Fsp3) is 0.656. The molecule has 0 amide bonds. The van der Waals surface area contributed by atoms with E-state index in [4.69, 9.17) is 0 Å². The quantitative estimate of drug-likeness (QED) is 0.0253. The Morgan fingerprint density at radius 1 is 0.182 bits per heavy atom. The van der Waals surface area contributed by atoms with Gasteiger partial charge in [0.25, 0.3) is 44.5 Å². The molecular weight excluding hydrogens is 1990 g/mol. The van der Waals surface area contributed by atoms with E-state index in [9.17, 15) is 31.6 Å². The molecule has 18 nitrogen and oxygen atoms in total. The lowest BCUT2D eigenvalue weighted by Crippen LogP contribution is -2.38. The minimum absolute atomic E-state index is 0.0675. The molecule has 148 heavy (non-hydrogen) atoms. The van der Waals surface area contributed by atoms with E-state index in [0.29, 0.717) is 18.8 Å². The molecule has 4 unspecified atom stereocenters. The largest absolute Gasteiger partial charge is 0.274 e. The smallest absolute Gasteiger partial charge is 0.262 e. The van der Waals surface area contributed by atoms with Gasteiger partial charge in [0, 0.05) is 47.7 Å². The van der Waals surface area contributed by atoms with Gasteiger partial charge in [-0.3, -0.25) is 56.6 Å². The van der Waals surface area contributed by atoms with Gasteiger partial charge in [0.15, 0.2) is 11.1 Å². The lowest BCUT2D eigenvalue weighted by Gasteiger charge is -2.21. The maximum Gasteiger partial charge on any atom is 0.262 e. The third-order valence-corrected chi connectivity index (χ3v) is 42.1. The Hall–Kier alpha value is -8.38. The Kier molecular flexibility index (Phi) is 49.6. The summed E-state index contributed by atoms with van der Waals surface area (Å²) in [6.07, 6.45) is 66.4. The highest BCUT2D eigenvalue weighted by Crippen LogP contribution is 2.48. The highest BCUT2D eigenvalue weighted by atomic mass is 32.2. The van der Waals surface area contributed by atoms with Crippen LogP contribution < -0.4 is 59.9 Å². The first-order valence-electron chi connectivity index (χ1n) is 58.1. The maximum atomic E-state index is 17.0. The lowest BCUT2D eigenvalue weighted by atomic mass is 9.92. The monoisotopic (exact) mass is 2150 g/mol. The van der Waals surface area contributed by atoms with Gasteiger partial charge in [-0.1, -0.05) is 415 Å². The molecule has 0 bridgehead atoms. The first kappa shape index (κ1) is 118. The summed E-state index contributed by atoms with van der Waals surface area (Å²) in [5.41, 5.74) is -5.57. The van der Waals surface area contributed by atoms with Crippen LogP contribution in [0.2, 0.25) is 0 Å². The number of hydrogen-bond donors (Lipinski definition) is 0. The standard InChI is InChI=1S/C122H164N10O8S8/c1-9-17-25-33-41-45-53-61-69-83(65-57-49-37-29-21-13-5)79-129-111(133)95-91-92-96(104-103(95)141-119(142-104)87(73-123)74-124)112(134)130(80-84(66-58-50-38-30-22-14-6)70-62-54-46-42-34-26-18-10-2)116(138)100(92)108-107(99(91)115(129)137)145-121(146-108)89(77-127)90(78-128)122-147-109-101-93-94-98(114(136)132(118(140)102(94)110(109)148-122)82-86(68-60-52-40-32-24-16-8)72-64-56-48-44-36-28-20-12-4)106-105(143-120(144-106)88(75-125)76-126)97(93)113(135)131(117(101)139)81-85(67-59-51-39-31-23-15-7)71-63-55-47-43-35-27-19-11-3/h83-86H,9-72,79-82H2,1-8H3. The van der Waals surface area contributed by atoms with Crippen LogP contribution in [0.1, 0.15) is 466 Å². The second-order valence-electron chi connectivity index (χ2n) is 42.9. The molecule has 0 saturated carbocycles. The average molecular weight is 2160 g/mol. The van der Waals surface area contributed by atoms with Crippen LogP contribution in [0.3, 0.4) is 0 Å². The van der Waals surface area contributed by atoms with E-state index in [-0.39, 0.29) is 171 Å². The summed E-state index contributed by atoms with van der Waals surface area (Å²) in [4.78, 5) is 135. The number of hydrogen-bond acceptors (Lipinski definition) is 22. The van der Waals surface area contributed by atoms with Gasteiger partial charge in [-0.05, 0) is 75.0 Å². The molecular formula is C122H164N10O8S8. The van der Waals surface area contributed by atoms with E-state index in [2.05, 4.69) is 91.8 Å². The van der Waals surface area contributed by atoms with Gasteiger partial charge in [-0.15, -0.1) is 90.7 Å².